The van der Waals surface area contributed by atoms with Crippen LogP contribution in [0.4, 0.5) is 0 Å². The van der Waals surface area contributed by atoms with Gasteiger partial charge in [0.1, 0.15) is 18.3 Å². The molecule has 0 aliphatic heterocycles. The van der Waals surface area contributed by atoms with E-state index in [0.717, 1.165) is 5.56 Å². The highest BCUT2D eigenvalue weighted by Crippen LogP contribution is 2.20. The first-order valence-electron chi connectivity index (χ1n) is 8.73. The highest BCUT2D eigenvalue weighted by molar-refractivity contribution is 9.10. The summed E-state index contributed by atoms with van der Waals surface area (Å²) in [7, 11) is -1.40. The third-order valence-electron chi connectivity index (χ3n) is 3.59. The van der Waals surface area contributed by atoms with Crippen molar-refractivity contribution in [1.29, 1.82) is 0 Å². The van der Waals surface area contributed by atoms with Crippen molar-refractivity contribution in [1.82, 2.24) is 9.97 Å². The highest BCUT2D eigenvalue weighted by atomic mass is 79.9. The summed E-state index contributed by atoms with van der Waals surface area (Å²) in [6, 6.07) is 9.67. The molecule has 12 heteroatoms. The normalized spacial score (nSPS) is 9.30. The summed E-state index contributed by atoms with van der Waals surface area (Å²) < 4.78 is 10.2. The van der Waals surface area contributed by atoms with E-state index < -0.39 is 19.1 Å². The summed E-state index contributed by atoms with van der Waals surface area (Å²) in [4.78, 5) is 28.3. The molecule has 4 N–H and O–H groups in total. The predicted octanol–water partition coefficient (Wildman–Crippen LogP) is 3.18. The summed E-state index contributed by atoms with van der Waals surface area (Å²) in [5.41, 5.74) is 1.48. The maximum Gasteiger partial charge on any atom is 0.490 e. The van der Waals surface area contributed by atoms with Gasteiger partial charge in [-0.3, -0.25) is 9.97 Å². The van der Waals surface area contributed by atoms with Crippen LogP contribution in [0.5, 0.6) is 0 Å². The second-order valence-corrected chi connectivity index (χ2v) is 6.63. The molecular weight excluding hydrogens is 499 g/mol. The minimum absolute atomic E-state index is 0. The van der Waals surface area contributed by atoms with Crippen molar-refractivity contribution in [2.75, 3.05) is 0 Å². The molecule has 4 aromatic heterocycles. The molecule has 0 bridgehead atoms. The molecule has 0 spiro atoms. The molecule has 0 radical (unpaired) electrons. The maximum atomic E-state index is 10.6. The lowest BCUT2D eigenvalue weighted by Gasteiger charge is -1.93. The molecule has 0 aromatic carbocycles. The van der Waals surface area contributed by atoms with E-state index in [-0.39, 0.29) is 18.6 Å². The summed E-state index contributed by atoms with van der Waals surface area (Å²) >= 11 is 2.97. The Balaban J connectivity index is 0.000000254. The minimum atomic E-state index is -1.40. The summed E-state index contributed by atoms with van der Waals surface area (Å²) in [6.45, 7) is 0. The third kappa shape index (κ3) is 9.11. The van der Waals surface area contributed by atoms with Crippen LogP contribution in [0.3, 0.4) is 0 Å². The van der Waals surface area contributed by atoms with Gasteiger partial charge in [0.25, 0.3) is 0 Å². The van der Waals surface area contributed by atoms with E-state index in [2.05, 4.69) is 30.3 Å². The topological polar surface area (TPSA) is 167 Å². The van der Waals surface area contributed by atoms with Crippen LogP contribution in [0, 0.1) is 0 Å². The van der Waals surface area contributed by atoms with Crippen molar-refractivity contribution in [2.45, 2.75) is 7.43 Å². The van der Waals surface area contributed by atoms with Gasteiger partial charge in [-0.25, -0.2) is 9.59 Å². The zero-order valence-electron chi connectivity index (χ0n) is 16.2. The van der Waals surface area contributed by atoms with Crippen LogP contribution >= 0.6 is 15.9 Å². The van der Waals surface area contributed by atoms with Gasteiger partial charge in [-0.15, -0.1) is 0 Å². The van der Waals surface area contributed by atoms with Crippen molar-refractivity contribution in [3.05, 3.63) is 89.5 Å². The van der Waals surface area contributed by atoms with E-state index in [1.165, 1.54) is 30.9 Å². The number of pyridine rings is 2. The number of aromatic nitrogens is 2. The monoisotopic (exact) mass is 518 g/mol. The van der Waals surface area contributed by atoms with Crippen molar-refractivity contribution in [3.63, 3.8) is 0 Å². The number of rotatable bonds is 4. The maximum absolute atomic E-state index is 10.6. The standard InChI is InChI=1S/C10H7NO3.C5H6BNO2.C5H3BrO3.CH4/c12-10(13)8-4-9(14-6-8)7-2-1-3-11-5-7;8-6(9)5-2-1-3-7-4-5;6-4-1-3(2-9-4)5(7)8;/h1-6H,(H,12,13);1-4,8-9H;1-2H,(H,7,8);1H4. The molecule has 4 heterocycles. The van der Waals surface area contributed by atoms with Gasteiger partial charge in [0, 0.05) is 41.9 Å². The molecule has 0 fully saturated rings. The Bertz CT molecular complexity index is 1130. The molecule has 0 aliphatic rings. The molecule has 4 rings (SSSR count). The lowest BCUT2D eigenvalue weighted by atomic mass is 9.82. The van der Waals surface area contributed by atoms with Crippen molar-refractivity contribution >= 4 is 40.4 Å². The second-order valence-electron chi connectivity index (χ2n) is 5.85. The van der Waals surface area contributed by atoms with Gasteiger partial charge in [0.2, 0.25) is 0 Å². The first-order chi connectivity index (χ1) is 15.3. The van der Waals surface area contributed by atoms with E-state index in [9.17, 15) is 9.59 Å². The number of aromatic carboxylic acids is 2. The largest absolute Gasteiger partial charge is 0.490 e. The fourth-order valence-electron chi connectivity index (χ4n) is 2.06. The fourth-order valence-corrected chi connectivity index (χ4v) is 2.40. The highest BCUT2D eigenvalue weighted by Gasteiger charge is 2.09. The SMILES string of the molecule is C.O=C(O)c1coc(-c2cccnc2)c1.O=C(O)c1coc(Br)c1.OB(O)c1cccnc1. The molecule has 0 amide bonds. The van der Waals surface area contributed by atoms with Crippen LogP contribution < -0.4 is 5.46 Å². The number of hydrogen-bond donors (Lipinski definition) is 4. The molecule has 4 aromatic rings. The smallest absolute Gasteiger partial charge is 0.478 e. The van der Waals surface area contributed by atoms with Crippen molar-refractivity contribution < 1.29 is 38.7 Å². The number of nitrogens with zero attached hydrogens (tertiary/aromatic N) is 2. The number of furan rings is 2. The van der Waals surface area contributed by atoms with Crippen molar-refractivity contribution in [2.24, 2.45) is 0 Å². The van der Waals surface area contributed by atoms with E-state index in [1.54, 1.807) is 42.9 Å². The Morgan fingerprint density at radius 2 is 1.45 bits per heavy atom. The molecular formula is C21H20BBrN2O8. The van der Waals surface area contributed by atoms with Crippen LogP contribution in [0.2, 0.25) is 0 Å². The molecule has 33 heavy (non-hydrogen) atoms. The van der Waals surface area contributed by atoms with Crippen molar-refractivity contribution in [3.8, 4) is 11.3 Å². The van der Waals surface area contributed by atoms with Crippen LogP contribution in [0.1, 0.15) is 28.1 Å². The fraction of sp³-hybridized carbons (Fsp3) is 0.0476. The molecule has 0 atom stereocenters. The Hall–Kier alpha value is -3.74. The van der Waals surface area contributed by atoms with Gasteiger partial charge < -0.3 is 29.1 Å². The summed E-state index contributed by atoms with van der Waals surface area (Å²) in [5, 5.41) is 34.1. The third-order valence-corrected chi connectivity index (χ3v) is 4.01. The predicted molar refractivity (Wildman–Crippen MR) is 123 cm³/mol. The van der Waals surface area contributed by atoms with E-state index in [1.807, 2.05) is 0 Å². The summed E-state index contributed by atoms with van der Waals surface area (Å²) in [5.74, 6) is -1.47. The van der Waals surface area contributed by atoms with E-state index in [4.69, 9.17) is 24.7 Å². The van der Waals surface area contributed by atoms with Gasteiger partial charge in [-0.1, -0.05) is 13.5 Å². The van der Waals surface area contributed by atoms with Gasteiger partial charge in [-0.05, 0) is 40.2 Å². The van der Waals surface area contributed by atoms with Crippen LogP contribution in [0.15, 0.2) is 87.2 Å². The average Bonchev–Trinajstić information content (AvgIpc) is 3.46. The number of carbonyl (C=O) groups is 2. The average molecular weight is 519 g/mol. The Morgan fingerprint density at radius 3 is 1.82 bits per heavy atom. The Kier molecular flexibility index (Phi) is 11.3. The number of carboxylic acids is 2. The van der Waals surface area contributed by atoms with E-state index in [0.29, 0.717) is 15.9 Å². The molecule has 0 aliphatic carbocycles. The first-order valence-corrected chi connectivity index (χ1v) is 9.53. The van der Waals surface area contributed by atoms with Gasteiger partial charge in [-0.2, -0.15) is 0 Å². The molecule has 0 unspecified atom stereocenters. The lowest BCUT2D eigenvalue weighted by molar-refractivity contribution is 0.0685. The van der Waals surface area contributed by atoms with Gasteiger partial charge >= 0.3 is 19.1 Å². The number of hydrogen-bond acceptors (Lipinski definition) is 8. The van der Waals surface area contributed by atoms with Crippen LogP contribution in [-0.4, -0.2) is 49.3 Å². The van der Waals surface area contributed by atoms with Crippen LogP contribution in [0.25, 0.3) is 11.3 Å². The summed E-state index contributed by atoms with van der Waals surface area (Å²) in [6.07, 6.45) is 8.63. The van der Waals surface area contributed by atoms with Gasteiger partial charge in [0.15, 0.2) is 4.67 Å². The zero-order valence-corrected chi connectivity index (χ0v) is 17.8. The Labute approximate surface area is 197 Å². The molecule has 172 valence electrons. The van der Waals surface area contributed by atoms with E-state index >= 15 is 0 Å². The van der Waals surface area contributed by atoms with Gasteiger partial charge in [0.05, 0.1) is 11.1 Å². The molecule has 0 saturated carbocycles. The number of carboxylic acid groups (broad SMARTS) is 2. The molecule has 0 saturated heterocycles. The molecule has 10 nitrogen and oxygen atoms in total. The zero-order chi connectivity index (χ0) is 23.5. The van der Waals surface area contributed by atoms with Crippen LogP contribution in [-0.2, 0) is 0 Å². The second kappa shape index (κ2) is 13.6. The first kappa shape index (κ1) is 27.3. The lowest BCUT2D eigenvalue weighted by Crippen LogP contribution is -2.29. The number of halogens is 1. The quantitative estimate of drug-likeness (QED) is 0.294. The Morgan fingerprint density at radius 1 is 0.879 bits per heavy atom. The minimum Gasteiger partial charge on any atom is -0.478 e.